The van der Waals surface area contributed by atoms with E-state index < -0.39 is 0 Å². The molecule has 0 radical (unpaired) electrons. The van der Waals surface area contributed by atoms with Crippen molar-refractivity contribution in [2.75, 3.05) is 26.7 Å². The Hall–Kier alpha value is -1.55. The van der Waals surface area contributed by atoms with E-state index in [1.54, 1.807) is 0 Å². The van der Waals surface area contributed by atoms with E-state index in [1.165, 1.54) is 18.4 Å². The van der Waals surface area contributed by atoms with Crippen molar-refractivity contribution in [1.29, 1.82) is 0 Å². The molecule has 1 saturated heterocycles. The van der Waals surface area contributed by atoms with Crippen molar-refractivity contribution in [3.8, 4) is 0 Å². The van der Waals surface area contributed by atoms with Gasteiger partial charge in [0.15, 0.2) is 5.96 Å². The zero-order valence-corrected chi connectivity index (χ0v) is 12.7. The second kappa shape index (κ2) is 6.94. The molecule has 1 aromatic rings. The fourth-order valence-corrected chi connectivity index (χ4v) is 3.05. The van der Waals surface area contributed by atoms with Crippen LogP contribution in [0.25, 0.3) is 0 Å². The van der Waals surface area contributed by atoms with Gasteiger partial charge in [-0.3, -0.25) is 4.99 Å². The summed E-state index contributed by atoms with van der Waals surface area (Å²) in [6, 6.07) is 10.8. The van der Waals surface area contributed by atoms with E-state index in [0.717, 1.165) is 43.9 Å². The Morgan fingerprint density at radius 3 is 2.76 bits per heavy atom. The minimum atomic E-state index is 0.349. The van der Waals surface area contributed by atoms with Crippen molar-refractivity contribution >= 4 is 5.96 Å². The molecule has 1 heterocycles. The van der Waals surface area contributed by atoms with Crippen LogP contribution < -0.4 is 10.6 Å². The minimum absolute atomic E-state index is 0.349. The summed E-state index contributed by atoms with van der Waals surface area (Å²) in [4.78, 5) is 4.29. The molecule has 4 heteroatoms. The Bertz CT molecular complexity index is 468. The van der Waals surface area contributed by atoms with E-state index in [1.807, 2.05) is 7.05 Å². The van der Waals surface area contributed by atoms with Gasteiger partial charge < -0.3 is 15.4 Å². The lowest BCUT2D eigenvalue weighted by Crippen LogP contribution is -2.41. The smallest absolute Gasteiger partial charge is 0.191 e. The average Bonchev–Trinajstić information content (AvgIpc) is 3.12. The molecule has 114 valence electrons. The second-order valence-corrected chi connectivity index (χ2v) is 5.98. The maximum absolute atomic E-state index is 5.62. The lowest BCUT2D eigenvalue weighted by atomic mass is 10.1. The van der Waals surface area contributed by atoms with E-state index >= 15 is 0 Å². The predicted octanol–water partition coefficient (Wildman–Crippen LogP) is 2.13. The summed E-state index contributed by atoms with van der Waals surface area (Å²) in [5.74, 6) is 2.34. The van der Waals surface area contributed by atoms with Crippen LogP contribution in [0, 0.1) is 5.92 Å². The van der Waals surface area contributed by atoms with Crippen LogP contribution in [0.1, 0.15) is 30.7 Å². The summed E-state index contributed by atoms with van der Waals surface area (Å²) in [5, 5.41) is 6.80. The SMILES string of the molecule is CN=C(NCC1CCCO1)NCC1CC1c1ccccc1. The van der Waals surface area contributed by atoms with Gasteiger partial charge in [0.25, 0.3) is 0 Å². The van der Waals surface area contributed by atoms with Crippen molar-refractivity contribution in [3.05, 3.63) is 35.9 Å². The number of nitrogens with zero attached hydrogens (tertiary/aromatic N) is 1. The quantitative estimate of drug-likeness (QED) is 0.644. The van der Waals surface area contributed by atoms with E-state index in [4.69, 9.17) is 4.74 Å². The van der Waals surface area contributed by atoms with Crippen molar-refractivity contribution in [2.45, 2.75) is 31.3 Å². The Morgan fingerprint density at radius 1 is 1.24 bits per heavy atom. The summed E-state index contributed by atoms with van der Waals surface area (Å²) in [6.07, 6.45) is 3.96. The lowest BCUT2D eigenvalue weighted by Gasteiger charge is -2.15. The van der Waals surface area contributed by atoms with Crippen molar-refractivity contribution in [2.24, 2.45) is 10.9 Å². The van der Waals surface area contributed by atoms with Gasteiger partial charge in [0.2, 0.25) is 0 Å². The van der Waals surface area contributed by atoms with Crippen LogP contribution in [0.5, 0.6) is 0 Å². The summed E-state index contributed by atoms with van der Waals surface area (Å²) in [7, 11) is 1.83. The first-order chi connectivity index (χ1) is 10.4. The Morgan fingerprint density at radius 2 is 2.05 bits per heavy atom. The highest BCUT2D eigenvalue weighted by Crippen LogP contribution is 2.46. The van der Waals surface area contributed by atoms with E-state index in [9.17, 15) is 0 Å². The number of benzene rings is 1. The highest BCUT2D eigenvalue weighted by atomic mass is 16.5. The lowest BCUT2D eigenvalue weighted by molar-refractivity contribution is 0.114. The van der Waals surface area contributed by atoms with Crippen LogP contribution in [0.4, 0.5) is 0 Å². The van der Waals surface area contributed by atoms with E-state index in [-0.39, 0.29) is 0 Å². The molecule has 3 unspecified atom stereocenters. The molecule has 3 atom stereocenters. The van der Waals surface area contributed by atoms with E-state index in [2.05, 4.69) is 46.0 Å². The van der Waals surface area contributed by atoms with Gasteiger partial charge in [-0.25, -0.2) is 0 Å². The zero-order chi connectivity index (χ0) is 14.5. The third kappa shape index (κ3) is 3.97. The number of hydrogen-bond acceptors (Lipinski definition) is 2. The number of nitrogens with one attached hydrogen (secondary N) is 2. The van der Waals surface area contributed by atoms with Gasteiger partial charge in [-0.2, -0.15) is 0 Å². The fourth-order valence-electron chi connectivity index (χ4n) is 3.05. The molecule has 0 spiro atoms. The third-order valence-corrected chi connectivity index (χ3v) is 4.43. The number of hydrogen-bond donors (Lipinski definition) is 2. The second-order valence-electron chi connectivity index (χ2n) is 5.98. The average molecular weight is 287 g/mol. The van der Waals surface area contributed by atoms with Crippen LogP contribution in [0.15, 0.2) is 35.3 Å². The number of ether oxygens (including phenoxy) is 1. The molecule has 2 N–H and O–H groups in total. The van der Waals surface area contributed by atoms with Gasteiger partial charge in [0.1, 0.15) is 0 Å². The molecular formula is C17H25N3O. The monoisotopic (exact) mass is 287 g/mol. The molecule has 4 nitrogen and oxygen atoms in total. The fraction of sp³-hybridized carbons (Fsp3) is 0.588. The number of rotatable bonds is 5. The highest BCUT2D eigenvalue weighted by Gasteiger charge is 2.37. The molecule has 1 aromatic carbocycles. The molecule has 0 bridgehead atoms. The normalized spacial score (nSPS) is 28.4. The molecule has 1 saturated carbocycles. The first kappa shape index (κ1) is 14.4. The zero-order valence-electron chi connectivity index (χ0n) is 12.7. The molecular weight excluding hydrogens is 262 g/mol. The number of aliphatic imine (C=N–C) groups is 1. The van der Waals surface area contributed by atoms with Gasteiger partial charge in [-0.1, -0.05) is 30.3 Å². The minimum Gasteiger partial charge on any atom is -0.376 e. The summed E-state index contributed by atoms with van der Waals surface area (Å²) >= 11 is 0. The van der Waals surface area contributed by atoms with Crippen LogP contribution in [-0.2, 0) is 4.74 Å². The molecule has 3 rings (SSSR count). The first-order valence-electron chi connectivity index (χ1n) is 7.98. The maximum Gasteiger partial charge on any atom is 0.191 e. The van der Waals surface area contributed by atoms with Crippen LogP contribution >= 0.6 is 0 Å². The Labute approximate surface area is 127 Å². The molecule has 21 heavy (non-hydrogen) atoms. The predicted molar refractivity (Wildman–Crippen MR) is 85.6 cm³/mol. The van der Waals surface area contributed by atoms with Crippen LogP contribution in [-0.4, -0.2) is 38.8 Å². The van der Waals surface area contributed by atoms with Crippen molar-refractivity contribution in [3.63, 3.8) is 0 Å². The Balaban J connectivity index is 1.38. The van der Waals surface area contributed by atoms with Gasteiger partial charge in [0, 0.05) is 26.7 Å². The molecule has 2 aliphatic rings. The molecule has 2 fully saturated rings. The largest absolute Gasteiger partial charge is 0.376 e. The first-order valence-corrected chi connectivity index (χ1v) is 7.98. The molecule has 0 aromatic heterocycles. The van der Waals surface area contributed by atoms with Gasteiger partial charge in [-0.05, 0) is 36.7 Å². The van der Waals surface area contributed by atoms with E-state index in [0.29, 0.717) is 6.10 Å². The number of guanidine groups is 1. The topological polar surface area (TPSA) is 45.7 Å². The maximum atomic E-state index is 5.62. The third-order valence-electron chi connectivity index (χ3n) is 4.43. The molecule has 1 aliphatic heterocycles. The van der Waals surface area contributed by atoms with Gasteiger partial charge in [0.05, 0.1) is 6.10 Å². The molecule has 0 amide bonds. The summed E-state index contributed by atoms with van der Waals surface area (Å²) in [5.41, 5.74) is 1.46. The van der Waals surface area contributed by atoms with Crippen LogP contribution in [0.2, 0.25) is 0 Å². The van der Waals surface area contributed by atoms with Crippen molar-refractivity contribution < 1.29 is 4.74 Å². The summed E-state index contributed by atoms with van der Waals surface area (Å²) in [6.45, 7) is 2.75. The Kier molecular flexibility index (Phi) is 4.76. The summed E-state index contributed by atoms with van der Waals surface area (Å²) < 4.78 is 5.62. The highest BCUT2D eigenvalue weighted by molar-refractivity contribution is 5.79. The van der Waals surface area contributed by atoms with Crippen molar-refractivity contribution in [1.82, 2.24) is 10.6 Å². The molecule has 1 aliphatic carbocycles. The standard InChI is InChI=1S/C17H25N3O/c1-18-17(20-12-15-8-5-9-21-15)19-11-14-10-16(14)13-6-3-2-4-7-13/h2-4,6-7,14-16H,5,8-12H2,1H3,(H2,18,19,20). The van der Waals surface area contributed by atoms with Gasteiger partial charge in [-0.15, -0.1) is 0 Å². The van der Waals surface area contributed by atoms with Gasteiger partial charge >= 0.3 is 0 Å². The van der Waals surface area contributed by atoms with Crippen LogP contribution in [0.3, 0.4) is 0 Å².